The number of pyridine rings is 1. The van der Waals surface area contributed by atoms with Gasteiger partial charge in [0.25, 0.3) is 5.56 Å². The number of alkyl halides is 3. The van der Waals surface area contributed by atoms with Gasteiger partial charge in [-0.2, -0.15) is 18.3 Å². The Balaban J connectivity index is 1.71. The summed E-state index contributed by atoms with van der Waals surface area (Å²) in [5.74, 6) is 1.31. The highest BCUT2D eigenvalue weighted by atomic mass is 19.4. The molecule has 5 rings (SSSR count). The maximum atomic E-state index is 13.9. The highest BCUT2D eigenvalue weighted by Gasteiger charge is 2.38. The van der Waals surface area contributed by atoms with E-state index in [1.807, 2.05) is 11.5 Å². The van der Waals surface area contributed by atoms with Crippen LogP contribution in [0.2, 0.25) is 0 Å². The number of aryl methyl sites for hydroxylation is 2. The number of aromatic nitrogens is 7. The van der Waals surface area contributed by atoms with Gasteiger partial charge in [0.15, 0.2) is 5.69 Å². The fourth-order valence-electron chi connectivity index (χ4n) is 4.25. The van der Waals surface area contributed by atoms with Crippen molar-refractivity contribution in [2.45, 2.75) is 26.2 Å². The number of nitrogens with zero attached hydrogens (tertiary/aromatic N) is 7. The van der Waals surface area contributed by atoms with Gasteiger partial charge in [-0.25, -0.2) is 9.97 Å². The van der Waals surface area contributed by atoms with Gasteiger partial charge in [0.1, 0.15) is 11.6 Å². The number of hydrogen-bond acceptors (Lipinski definition) is 6. The van der Waals surface area contributed by atoms with Crippen molar-refractivity contribution in [2.24, 2.45) is 7.05 Å². The van der Waals surface area contributed by atoms with E-state index in [9.17, 15) is 18.0 Å². The number of methoxy groups -OCH3 is 1. The van der Waals surface area contributed by atoms with Gasteiger partial charge in [-0.05, 0) is 30.7 Å². The second kappa shape index (κ2) is 9.19. The highest BCUT2D eigenvalue weighted by molar-refractivity contribution is 5.94. The molecule has 0 saturated heterocycles. The molecule has 0 unspecified atom stereocenters. The molecule has 0 atom stereocenters. The van der Waals surface area contributed by atoms with Gasteiger partial charge in [-0.3, -0.25) is 19.0 Å². The number of halogens is 3. The van der Waals surface area contributed by atoms with E-state index in [1.54, 1.807) is 42.9 Å². The summed E-state index contributed by atoms with van der Waals surface area (Å²) in [6.45, 7) is 2.24. The maximum absolute atomic E-state index is 13.9. The average Bonchev–Trinajstić information content (AvgIpc) is 3.46. The molecule has 12 heteroatoms. The van der Waals surface area contributed by atoms with E-state index in [0.29, 0.717) is 23.6 Å². The van der Waals surface area contributed by atoms with Crippen molar-refractivity contribution >= 4 is 10.9 Å². The Morgan fingerprint density at radius 1 is 1.00 bits per heavy atom. The monoisotopic (exact) mass is 509 g/mol. The largest absolute Gasteiger partial charge is 0.497 e. The number of imidazole rings is 1. The zero-order valence-corrected chi connectivity index (χ0v) is 20.2. The second-order valence-electron chi connectivity index (χ2n) is 8.57. The summed E-state index contributed by atoms with van der Waals surface area (Å²) in [6.07, 6.45) is 2.89. The number of benzene rings is 1. The average molecular weight is 509 g/mol. The Morgan fingerprint density at radius 3 is 2.51 bits per heavy atom. The standard InChI is InChI=1S/C25H22F3N7O2/c1-15-29-6-7-34(15)11-16-8-19(21-13-33(2)32-23(21)25(26,27)28)22-20(9-16)24(36)35(14-31-22)12-17-10-18(37-3)4-5-30-17/h4-10,13-14H,11-12H2,1-3H3. The van der Waals surface area contributed by atoms with Crippen molar-refractivity contribution in [1.82, 2.24) is 33.9 Å². The molecular weight excluding hydrogens is 487 g/mol. The minimum atomic E-state index is -4.69. The summed E-state index contributed by atoms with van der Waals surface area (Å²) in [6, 6.07) is 6.67. The lowest BCUT2D eigenvalue weighted by atomic mass is 9.99. The Morgan fingerprint density at radius 2 is 1.81 bits per heavy atom. The number of hydrogen-bond donors (Lipinski definition) is 0. The molecule has 0 spiro atoms. The van der Waals surface area contributed by atoms with Crippen LogP contribution in [-0.2, 0) is 26.3 Å². The predicted octanol–water partition coefficient (Wildman–Crippen LogP) is 3.82. The quantitative estimate of drug-likeness (QED) is 0.346. The SMILES string of the molecule is COc1ccnc(Cn2cnc3c(-c4cn(C)nc4C(F)(F)F)cc(Cn4ccnc4C)cc3c2=O)c1. The summed E-state index contributed by atoms with van der Waals surface area (Å²) >= 11 is 0. The Hall–Kier alpha value is -4.48. The van der Waals surface area contributed by atoms with Crippen LogP contribution in [0, 0.1) is 6.92 Å². The maximum Gasteiger partial charge on any atom is 0.435 e. The second-order valence-corrected chi connectivity index (χ2v) is 8.57. The summed E-state index contributed by atoms with van der Waals surface area (Å²) in [7, 11) is 2.95. The molecule has 5 aromatic rings. The third kappa shape index (κ3) is 4.69. The highest BCUT2D eigenvalue weighted by Crippen LogP contribution is 2.38. The van der Waals surface area contributed by atoms with E-state index in [2.05, 4.69) is 20.1 Å². The number of rotatable bonds is 6. The summed E-state index contributed by atoms with van der Waals surface area (Å²) in [5.41, 5.74) is -0.0741. The summed E-state index contributed by atoms with van der Waals surface area (Å²) in [5, 5.41) is 3.83. The lowest BCUT2D eigenvalue weighted by Crippen LogP contribution is -2.22. The molecule has 1 aromatic carbocycles. The topological polar surface area (TPSA) is 92.7 Å². The molecule has 0 fully saturated rings. The molecule has 4 heterocycles. The Bertz CT molecular complexity index is 1670. The first-order chi connectivity index (χ1) is 17.6. The molecular formula is C25H22F3N7O2. The first-order valence-electron chi connectivity index (χ1n) is 11.2. The van der Waals surface area contributed by atoms with Crippen LogP contribution in [-0.4, -0.2) is 41.0 Å². The van der Waals surface area contributed by atoms with Crippen LogP contribution in [0.5, 0.6) is 5.75 Å². The molecule has 4 aromatic heterocycles. The lowest BCUT2D eigenvalue weighted by molar-refractivity contribution is -0.140. The molecule has 0 aliphatic carbocycles. The minimum absolute atomic E-state index is 0.111. The van der Waals surface area contributed by atoms with Gasteiger partial charge < -0.3 is 9.30 Å². The summed E-state index contributed by atoms with van der Waals surface area (Å²) in [4.78, 5) is 26.5. The fourth-order valence-corrected chi connectivity index (χ4v) is 4.25. The molecule has 0 N–H and O–H groups in total. The zero-order chi connectivity index (χ0) is 26.3. The van der Waals surface area contributed by atoms with Gasteiger partial charge in [0.2, 0.25) is 0 Å². The first-order valence-corrected chi connectivity index (χ1v) is 11.2. The Kier molecular flexibility index (Phi) is 6.02. The van der Waals surface area contributed by atoms with Crippen molar-refractivity contribution in [2.75, 3.05) is 7.11 Å². The molecule has 0 aliphatic rings. The molecule has 37 heavy (non-hydrogen) atoms. The van der Waals surface area contributed by atoms with E-state index >= 15 is 0 Å². The summed E-state index contributed by atoms with van der Waals surface area (Å²) < 4.78 is 51.1. The third-order valence-corrected chi connectivity index (χ3v) is 6.01. The third-order valence-electron chi connectivity index (χ3n) is 6.01. The number of ether oxygens (including phenoxy) is 1. The van der Waals surface area contributed by atoms with Crippen LogP contribution < -0.4 is 10.3 Å². The van der Waals surface area contributed by atoms with Crippen LogP contribution in [0.3, 0.4) is 0 Å². The predicted molar refractivity (Wildman–Crippen MR) is 129 cm³/mol. The van der Waals surface area contributed by atoms with E-state index in [0.717, 1.165) is 10.5 Å². The molecule has 190 valence electrons. The van der Waals surface area contributed by atoms with Gasteiger partial charge in [0, 0.05) is 55.6 Å². The lowest BCUT2D eigenvalue weighted by Gasteiger charge is -2.14. The first kappa shape index (κ1) is 24.2. The van der Waals surface area contributed by atoms with Gasteiger partial charge in [-0.1, -0.05) is 0 Å². The van der Waals surface area contributed by atoms with E-state index in [-0.39, 0.29) is 28.6 Å². The van der Waals surface area contributed by atoms with E-state index < -0.39 is 17.4 Å². The van der Waals surface area contributed by atoms with Crippen LogP contribution in [0.25, 0.3) is 22.0 Å². The normalized spacial score (nSPS) is 11.8. The zero-order valence-electron chi connectivity index (χ0n) is 20.2. The molecule has 0 radical (unpaired) electrons. The van der Waals surface area contributed by atoms with Crippen molar-refractivity contribution in [3.63, 3.8) is 0 Å². The van der Waals surface area contributed by atoms with Crippen LogP contribution in [0.15, 0.2) is 60.2 Å². The molecule has 0 aliphatic heterocycles. The van der Waals surface area contributed by atoms with Gasteiger partial charge >= 0.3 is 6.18 Å². The van der Waals surface area contributed by atoms with Crippen LogP contribution >= 0.6 is 0 Å². The van der Waals surface area contributed by atoms with Crippen molar-refractivity contribution < 1.29 is 17.9 Å². The van der Waals surface area contributed by atoms with Crippen LogP contribution in [0.4, 0.5) is 13.2 Å². The van der Waals surface area contributed by atoms with Gasteiger partial charge in [0.05, 0.1) is 36.6 Å². The molecule has 9 nitrogen and oxygen atoms in total. The number of fused-ring (bicyclic) bond motifs is 1. The van der Waals surface area contributed by atoms with Crippen molar-refractivity contribution in [3.8, 4) is 16.9 Å². The van der Waals surface area contributed by atoms with Crippen molar-refractivity contribution in [1.29, 1.82) is 0 Å². The molecule has 0 bridgehead atoms. The van der Waals surface area contributed by atoms with Crippen molar-refractivity contribution in [3.05, 3.63) is 88.5 Å². The molecule has 0 saturated carbocycles. The minimum Gasteiger partial charge on any atom is -0.497 e. The van der Waals surface area contributed by atoms with Crippen LogP contribution in [0.1, 0.15) is 22.8 Å². The van der Waals surface area contributed by atoms with Gasteiger partial charge in [-0.15, -0.1) is 0 Å². The van der Waals surface area contributed by atoms with E-state index in [1.165, 1.54) is 31.2 Å². The Labute approximate surface area is 208 Å². The molecule has 0 amide bonds. The fraction of sp³-hybridized carbons (Fsp3) is 0.240. The van der Waals surface area contributed by atoms with E-state index in [4.69, 9.17) is 4.74 Å². The smallest absolute Gasteiger partial charge is 0.435 e.